The summed E-state index contributed by atoms with van der Waals surface area (Å²) in [5.74, 6) is -0.123. The van der Waals surface area contributed by atoms with E-state index in [2.05, 4.69) is 10.3 Å². The van der Waals surface area contributed by atoms with Gasteiger partial charge in [-0.25, -0.2) is 4.98 Å². The van der Waals surface area contributed by atoms with E-state index < -0.39 is 6.29 Å². The Kier molecular flexibility index (Phi) is 6.24. The average molecular weight is 272 g/mol. The Hall–Kier alpha value is -0.980. The number of nitrogens with one attached hydrogen (secondary N) is 1. The van der Waals surface area contributed by atoms with Gasteiger partial charge < -0.3 is 14.8 Å². The van der Waals surface area contributed by atoms with Crippen LogP contribution in [0, 0.1) is 13.8 Å². The highest BCUT2D eigenvalue weighted by Gasteiger charge is 2.15. The fraction of sp³-hybridized carbons (Fsp3) is 0.667. The number of hydrogen-bond donors (Lipinski definition) is 1. The maximum atomic E-state index is 11.9. The zero-order valence-corrected chi connectivity index (χ0v) is 12.1. The van der Waals surface area contributed by atoms with Gasteiger partial charge in [0, 0.05) is 13.2 Å². The average Bonchev–Trinajstić information content (AvgIpc) is 2.65. The van der Waals surface area contributed by atoms with Crippen LogP contribution in [0.15, 0.2) is 0 Å². The molecule has 1 heterocycles. The van der Waals surface area contributed by atoms with Crippen LogP contribution < -0.4 is 5.32 Å². The predicted octanol–water partition coefficient (Wildman–Crippen LogP) is 1.89. The van der Waals surface area contributed by atoms with Crippen LogP contribution in [0.1, 0.15) is 34.2 Å². The Morgan fingerprint density at radius 2 is 1.94 bits per heavy atom. The molecule has 1 aromatic rings. The molecule has 18 heavy (non-hydrogen) atoms. The first-order chi connectivity index (χ1) is 8.58. The van der Waals surface area contributed by atoms with Crippen LogP contribution in [-0.2, 0) is 9.47 Å². The highest BCUT2D eigenvalue weighted by atomic mass is 32.1. The van der Waals surface area contributed by atoms with E-state index in [9.17, 15) is 4.79 Å². The molecule has 5 nitrogen and oxygen atoms in total. The maximum absolute atomic E-state index is 11.9. The van der Waals surface area contributed by atoms with Crippen molar-refractivity contribution in [2.45, 2.75) is 34.0 Å². The van der Waals surface area contributed by atoms with E-state index >= 15 is 0 Å². The molecule has 6 heteroatoms. The van der Waals surface area contributed by atoms with E-state index in [1.54, 1.807) is 0 Å². The molecule has 0 aliphatic carbocycles. The smallest absolute Gasteiger partial charge is 0.263 e. The number of amides is 1. The number of aryl methyl sites for hydroxylation is 2. The number of carbonyl (C=O) groups excluding carboxylic acids is 1. The molecule has 0 saturated carbocycles. The van der Waals surface area contributed by atoms with Gasteiger partial charge in [-0.1, -0.05) is 0 Å². The summed E-state index contributed by atoms with van der Waals surface area (Å²) in [5.41, 5.74) is 0.763. The molecule has 0 fully saturated rings. The summed E-state index contributed by atoms with van der Waals surface area (Å²) in [6.45, 7) is 8.96. The number of ether oxygens (including phenoxy) is 2. The summed E-state index contributed by atoms with van der Waals surface area (Å²) in [7, 11) is 0. The molecular weight excluding hydrogens is 252 g/mol. The molecule has 0 aromatic carbocycles. The topological polar surface area (TPSA) is 60.5 Å². The van der Waals surface area contributed by atoms with Gasteiger partial charge in [-0.2, -0.15) is 0 Å². The summed E-state index contributed by atoms with van der Waals surface area (Å²) in [6.07, 6.45) is -0.390. The van der Waals surface area contributed by atoms with E-state index in [1.807, 2.05) is 27.7 Å². The molecule has 0 saturated heterocycles. The van der Waals surface area contributed by atoms with Crippen molar-refractivity contribution in [1.29, 1.82) is 0 Å². The van der Waals surface area contributed by atoms with Gasteiger partial charge in [0.25, 0.3) is 5.91 Å². The number of rotatable bonds is 7. The summed E-state index contributed by atoms with van der Waals surface area (Å²) in [5, 5.41) is 3.70. The standard InChI is InChI=1S/C12H20N2O3S/c1-5-16-10(17-6-2)7-13-12(15)11-8(3)14-9(4)18-11/h10H,5-7H2,1-4H3,(H,13,15). The zero-order chi connectivity index (χ0) is 13.5. The minimum absolute atomic E-state index is 0.123. The predicted molar refractivity (Wildman–Crippen MR) is 71.0 cm³/mol. The van der Waals surface area contributed by atoms with Crippen LogP contribution >= 0.6 is 11.3 Å². The van der Waals surface area contributed by atoms with Crippen LogP contribution in [0.25, 0.3) is 0 Å². The van der Waals surface area contributed by atoms with E-state index in [4.69, 9.17) is 9.47 Å². The van der Waals surface area contributed by atoms with E-state index in [1.165, 1.54) is 11.3 Å². The van der Waals surface area contributed by atoms with Gasteiger partial charge in [0.1, 0.15) is 4.88 Å². The van der Waals surface area contributed by atoms with Crippen LogP contribution in [0.4, 0.5) is 0 Å². The third kappa shape index (κ3) is 4.36. The van der Waals surface area contributed by atoms with Gasteiger partial charge >= 0.3 is 0 Å². The quantitative estimate of drug-likeness (QED) is 0.770. The van der Waals surface area contributed by atoms with Crippen molar-refractivity contribution in [3.8, 4) is 0 Å². The number of nitrogens with zero attached hydrogens (tertiary/aromatic N) is 1. The van der Waals surface area contributed by atoms with E-state index in [0.29, 0.717) is 24.6 Å². The highest BCUT2D eigenvalue weighted by Crippen LogP contribution is 2.16. The lowest BCUT2D eigenvalue weighted by Crippen LogP contribution is -2.35. The van der Waals surface area contributed by atoms with Crippen molar-refractivity contribution < 1.29 is 14.3 Å². The molecule has 0 spiro atoms. The third-order valence-electron chi connectivity index (χ3n) is 2.24. The summed E-state index contributed by atoms with van der Waals surface area (Å²) < 4.78 is 10.7. The Morgan fingerprint density at radius 3 is 2.39 bits per heavy atom. The molecule has 1 amide bonds. The lowest BCUT2D eigenvalue weighted by Gasteiger charge is -2.17. The fourth-order valence-electron chi connectivity index (χ4n) is 1.54. The largest absolute Gasteiger partial charge is 0.351 e. The molecule has 1 N–H and O–H groups in total. The lowest BCUT2D eigenvalue weighted by molar-refractivity contribution is -0.131. The Bertz CT molecular complexity index is 387. The van der Waals surface area contributed by atoms with Crippen LogP contribution in [0.5, 0.6) is 0 Å². The second-order valence-electron chi connectivity index (χ2n) is 3.70. The second kappa shape index (κ2) is 7.45. The molecule has 102 valence electrons. The van der Waals surface area contributed by atoms with Crippen LogP contribution in [0.2, 0.25) is 0 Å². The maximum Gasteiger partial charge on any atom is 0.263 e. The second-order valence-corrected chi connectivity index (χ2v) is 4.90. The molecule has 0 bridgehead atoms. The molecule has 1 aromatic heterocycles. The van der Waals surface area contributed by atoms with Gasteiger partial charge in [-0.05, 0) is 27.7 Å². The number of carbonyl (C=O) groups is 1. The van der Waals surface area contributed by atoms with Crippen molar-refractivity contribution in [2.75, 3.05) is 19.8 Å². The Balaban J connectivity index is 2.51. The molecule has 0 aliphatic rings. The van der Waals surface area contributed by atoms with Crippen molar-refractivity contribution in [3.63, 3.8) is 0 Å². The molecule has 0 unspecified atom stereocenters. The first-order valence-electron chi connectivity index (χ1n) is 6.03. The van der Waals surface area contributed by atoms with Crippen LogP contribution in [0.3, 0.4) is 0 Å². The number of hydrogen-bond acceptors (Lipinski definition) is 5. The normalized spacial score (nSPS) is 10.9. The third-order valence-corrected chi connectivity index (χ3v) is 3.32. The molecule has 0 aliphatic heterocycles. The lowest BCUT2D eigenvalue weighted by atomic mass is 10.3. The minimum atomic E-state index is -0.390. The first kappa shape index (κ1) is 15.1. The van der Waals surface area contributed by atoms with Gasteiger partial charge in [0.2, 0.25) is 0 Å². The summed E-state index contributed by atoms with van der Waals surface area (Å²) in [4.78, 5) is 16.8. The molecule has 1 rings (SSSR count). The number of thiazole rings is 1. The molecule has 0 atom stereocenters. The SMILES string of the molecule is CCOC(CNC(=O)c1sc(C)nc1C)OCC. The van der Waals surface area contributed by atoms with Crippen molar-refractivity contribution in [2.24, 2.45) is 0 Å². The Labute approximate surface area is 112 Å². The zero-order valence-electron chi connectivity index (χ0n) is 11.3. The van der Waals surface area contributed by atoms with Gasteiger partial charge in [-0.3, -0.25) is 4.79 Å². The van der Waals surface area contributed by atoms with Crippen molar-refractivity contribution in [3.05, 3.63) is 15.6 Å². The van der Waals surface area contributed by atoms with Gasteiger partial charge in [0.05, 0.1) is 17.2 Å². The van der Waals surface area contributed by atoms with E-state index in [0.717, 1.165) is 10.7 Å². The first-order valence-corrected chi connectivity index (χ1v) is 6.85. The van der Waals surface area contributed by atoms with Crippen molar-refractivity contribution >= 4 is 17.2 Å². The monoisotopic (exact) mass is 272 g/mol. The van der Waals surface area contributed by atoms with E-state index in [-0.39, 0.29) is 5.91 Å². The van der Waals surface area contributed by atoms with Crippen molar-refractivity contribution in [1.82, 2.24) is 10.3 Å². The molecule has 0 radical (unpaired) electrons. The Morgan fingerprint density at radius 1 is 1.33 bits per heavy atom. The highest BCUT2D eigenvalue weighted by molar-refractivity contribution is 7.13. The van der Waals surface area contributed by atoms with Gasteiger partial charge in [0.15, 0.2) is 6.29 Å². The number of aromatic nitrogens is 1. The summed E-state index contributed by atoms with van der Waals surface area (Å²) >= 11 is 1.40. The molecular formula is C12H20N2O3S. The van der Waals surface area contributed by atoms with Gasteiger partial charge in [-0.15, -0.1) is 11.3 Å². The summed E-state index contributed by atoms with van der Waals surface area (Å²) in [6, 6.07) is 0. The minimum Gasteiger partial charge on any atom is -0.351 e. The van der Waals surface area contributed by atoms with Crippen LogP contribution in [-0.4, -0.2) is 36.9 Å². The fourth-order valence-corrected chi connectivity index (χ4v) is 2.37.